The number of rotatable bonds is 0. The smallest absolute Gasteiger partial charge is 0.00133 e. The molecule has 0 fully saturated rings. The van der Waals surface area contributed by atoms with Crippen LogP contribution in [-0.4, -0.2) is 0 Å². The quantitative estimate of drug-likeness (QED) is 0.161. The largest absolute Gasteiger partial charge is 0.0776 e. The van der Waals surface area contributed by atoms with Gasteiger partial charge in [-0.2, -0.15) is 0 Å². The van der Waals surface area contributed by atoms with Crippen LogP contribution in [0.3, 0.4) is 0 Å². The molecule has 44 heavy (non-hydrogen) atoms. The third kappa shape index (κ3) is 13.3. The summed E-state index contributed by atoms with van der Waals surface area (Å²) >= 11 is 0. The summed E-state index contributed by atoms with van der Waals surface area (Å²) < 4.78 is 0. The van der Waals surface area contributed by atoms with Crippen LogP contribution >= 0.6 is 0 Å². The highest BCUT2D eigenvalue weighted by molar-refractivity contribution is 5.78. The van der Waals surface area contributed by atoms with Gasteiger partial charge in [-0.25, -0.2) is 0 Å². The zero-order valence-corrected chi connectivity index (χ0v) is 22.3. The molecule has 0 bridgehead atoms. The second-order valence-electron chi connectivity index (χ2n) is 9.00. The van der Waals surface area contributed by atoms with E-state index < -0.39 is 0 Å². The van der Waals surface area contributed by atoms with E-state index in [0.29, 0.717) is 0 Å². The molecule has 0 saturated carbocycles. The van der Waals surface area contributed by atoms with Gasteiger partial charge in [0, 0.05) is 0 Å². The van der Waals surface area contributed by atoms with Gasteiger partial charge in [-0.1, -0.05) is 197 Å². The van der Waals surface area contributed by atoms with Gasteiger partial charge in [0.05, 0.1) is 0 Å². The first kappa shape index (κ1) is 60.1. The molecular weight excluding hydrogens is 528 g/mol. The van der Waals surface area contributed by atoms with Gasteiger partial charge in [0.2, 0.25) is 0 Å². The zero-order chi connectivity index (χ0) is 24.8. The summed E-state index contributed by atoms with van der Waals surface area (Å²) in [7, 11) is 0. The van der Waals surface area contributed by atoms with E-state index in [2.05, 4.69) is 100 Å². The van der Waals surface area contributed by atoms with Crippen LogP contribution in [0.4, 0.5) is 0 Å². The molecule has 2 aliphatic carbocycles. The van der Waals surface area contributed by atoms with Gasteiger partial charge in [-0.15, -0.1) is 0 Å². The Balaban J connectivity index is -0.0000000732. The molecule has 0 atom stereocenters. The topological polar surface area (TPSA) is 0 Å². The van der Waals surface area contributed by atoms with Crippen molar-refractivity contribution >= 4 is 0 Å². The lowest BCUT2D eigenvalue weighted by molar-refractivity contribution is 1.24. The highest BCUT2D eigenvalue weighted by atomic mass is 14.2. The Morgan fingerprint density at radius 3 is 0.614 bits per heavy atom. The SMILES string of the molecule is C.C.C.C.C.C.C.C.C.C.CC.CC.Cc1ccc2c(c1)Cc1cc(C)ccc1-2.Cc1ccc2c(c1)Cc1cc(C)ccc1-2. The van der Waals surface area contributed by atoms with E-state index >= 15 is 0 Å². The molecular formula is C44H80. The lowest BCUT2D eigenvalue weighted by atomic mass is 10.0. The number of benzene rings is 4. The molecule has 0 aliphatic heterocycles. The standard InChI is InChI=1S/2C15H14.2C2H6.10CH4/c2*1-10-3-5-14-12(7-10)9-13-8-11(2)4-6-15(13)14;2*1-2;;;;;;;;;;/h2*3-8H,9H2,1-2H3;2*1-2H3;10*1H4. The van der Waals surface area contributed by atoms with Crippen molar-refractivity contribution in [3.8, 4) is 22.3 Å². The van der Waals surface area contributed by atoms with Crippen molar-refractivity contribution in [3.05, 3.63) is 117 Å². The zero-order valence-electron chi connectivity index (χ0n) is 22.3. The van der Waals surface area contributed by atoms with Gasteiger partial charge >= 0.3 is 0 Å². The van der Waals surface area contributed by atoms with Gasteiger partial charge in [0.25, 0.3) is 0 Å². The van der Waals surface area contributed by atoms with Crippen LogP contribution in [0.1, 0.15) is 146 Å². The summed E-state index contributed by atoms with van der Waals surface area (Å²) in [5, 5.41) is 0. The first-order valence-corrected chi connectivity index (χ1v) is 12.9. The van der Waals surface area contributed by atoms with Crippen molar-refractivity contribution in [1.29, 1.82) is 0 Å². The first-order chi connectivity index (χ1) is 16.5. The molecule has 0 heteroatoms. The van der Waals surface area contributed by atoms with Gasteiger partial charge in [0.15, 0.2) is 0 Å². The van der Waals surface area contributed by atoms with Gasteiger partial charge in [-0.3, -0.25) is 0 Å². The Kier molecular flexibility index (Phi) is 37.5. The van der Waals surface area contributed by atoms with Crippen LogP contribution in [0, 0.1) is 27.7 Å². The maximum atomic E-state index is 2.31. The second-order valence-corrected chi connectivity index (χ2v) is 9.00. The average molecular weight is 609 g/mol. The Morgan fingerprint density at radius 2 is 0.455 bits per heavy atom. The summed E-state index contributed by atoms with van der Waals surface area (Å²) in [5.41, 5.74) is 17.1. The Bertz CT molecular complexity index is 1070. The first-order valence-electron chi connectivity index (χ1n) is 12.9. The Hall–Kier alpha value is -3.12. The molecule has 0 unspecified atom stereocenters. The van der Waals surface area contributed by atoms with Crippen LogP contribution in [0.5, 0.6) is 0 Å². The Labute approximate surface area is 281 Å². The molecule has 0 saturated heterocycles. The molecule has 0 radical (unpaired) electrons. The van der Waals surface area contributed by atoms with Crippen molar-refractivity contribution in [3.63, 3.8) is 0 Å². The monoisotopic (exact) mass is 609 g/mol. The molecule has 256 valence electrons. The van der Waals surface area contributed by atoms with E-state index in [9.17, 15) is 0 Å². The molecule has 0 aromatic heterocycles. The summed E-state index contributed by atoms with van der Waals surface area (Å²) in [6.45, 7) is 16.6. The summed E-state index contributed by atoms with van der Waals surface area (Å²) in [4.78, 5) is 0. The molecule has 0 amide bonds. The van der Waals surface area contributed by atoms with E-state index in [1.165, 1.54) is 66.8 Å². The van der Waals surface area contributed by atoms with E-state index in [-0.39, 0.29) is 74.3 Å². The van der Waals surface area contributed by atoms with Crippen LogP contribution < -0.4 is 0 Å². The molecule has 2 aliphatic rings. The third-order valence-corrected chi connectivity index (χ3v) is 6.39. The lowest BCUT2D eigenvalue weighted by Crippen LogP contribution is -1.81. The number of fused-ring (bicyclic) bond motifs is 6. The molecule has 6 rings (SSSR count). The minimum atomic E-state index is 0. The van der Waals surface area contributed by atoms with Crippen molar-refractivity contribution < 1.29 is 0 Å². The molecule has 0 nitrogen and oxygen atoms in total. The third-order valence-electron chi connectivity index (χ3n) is 6.39. The molecule has 0 N–H and O–H groups in total. The minimum Gasteiger partial charge on any atom is -0.0776 e. The average Bonchev–Trinajstić information content (AvgIpc) is 3.37. The molecule has 4 aromatic rings. The highest BCUT2D eigenvalue weighted by Gasteiger charge is 2.18. The number of aryl methyl sites for hydroxylation is 4. The maximum Gasteiger partial charge on any atom is -0.00133 e. The van der Waals surface area contributed by atoms with Crippen LogP contribution in [0.25, 0.3) is 22.3 Å². The minimum absolute atomic E-state index is 0. The fourth-order valence-corrected chi connectivity index (χ4v) is 4.94. The van der Waals surface area contributed by atoms with Crippen molar-refractivity contribution in [1.82, 2.24) is 0 Å². The van der Waals surface area contributed by atoms with E-state index in [1.807, 2.05) is 27.7 Å². The lowest BCUT2D eigenvalue weighted by Gasteiger charge is -2.01. The predicted octanol–water partition coefficient (Wildman–Crippen LogP) is 16.2. The Morgan fingerprint density at radius 1 is 0.295 bits per heavy atom. The predicted molar refractivity (Wildman–Crippen MR) is 218 cm³/mol. The van der Waals surface area contributed by atoms with E-state index in [1.54, 1.807) is 0 Å². The number of hydrogen-bond acceptors (Lipinski definition) is 0. The van der Waals surface area contributed by atoms with Crippen molar-refractivity contribution in [2.75, 3.05) is 0 Å². The van der Waals surface area contributed by atoms with Crippen molar-refractivity contribution in [2.45, 2.75) is 142 Å². The van der Waals surface area contributed by atoms with E-state index in [4.69, 9.17) is 0 Å². The van der Waals surface area contributed by atoms with Crippen LogP contribution in [-0.2, 0) is 12.8 Å². The number of hydrogen-bond donors (Lipinski definition) is 0. The highest BCUT2D eigenvalue weighted by Crippen LogP contribution is 2.38. The molecule has 0 heterocycles. The van der Waals surface area contributed by atoms with Gasteiger partial charge < -0.3 is 0 Å². The second kappa shape index (κ2) is 27.4. The van der Waals surface area contributed by atoms with E-state index in [0.717, 1.165) is 12.8 Å². The summed E-state index contributed by atoms with van der Waals surface area (Å²) in [6.07, 6.45) is 2.21. The maximum absolute atomic E-state index is 2.31. The fourth-order valence-electron chi connectivity index (χ4n) is 4.94. The fraction of sp³-hybridized carbons (Fsp3) is 0.455. The van der Waals surface area contributed by atoms with Crippen molar-refractivity contribution in [2.24, 2.45) is 0 Å². The van der Waals surface area contributed by atoms with Gasteiger partial charge in [-0.05, 0) is 85.0 Å². The van der Waals surface area contributed by atoms with Crippen LogP contribution in [0.15, 0.2) is 72.8 Å². The normalized spacial score (nSPS) is 8.73. The molecule has 0 spiro atoms. The molecule has 4 aromatic carbocycles. The van der Waals surface area contributed by atoms with Gasteiger partial charge in [0.1, 0.15) is 0 Å². The summed E-state index contributed by atoms with van der Waals surface area (Å²) in [5.74, 6) is 0. The summed E-state index contributed by atoms with van der Waals surface area (Å²) in [6, 6.07) is 27.1. The van der Waals surface area contributed by atoms with Crippen LogP contribution in [0.2, 0.25) is 0 Å².